The van der Waals surface area contributed by atoms with Crippen LogP contribution in [0.4, 0.5) is 22.0 Å². The molecule has 1 aromatic carbocycles. The average molecular weight is 349 g/mol. The Kier molecular flexibility index (Phi) is 3.74. The van der Waals surface area contributed by atoms with Crippen molar-refractivity contribution >= 4 is 5.71 Å². The van der Waals surface area contributed by atoms with E-state index in [0.717, 1.165) is 0 Å². The second kappa shape index (κ2) is 5.51. The second-order valence-electron chi connectivity index (χ2n) is 4.91. The molecule has 0 saturated carbocycles. The number of hydrogen-bond donors (Lipinski definition) is 1. The predicted molar refractivity (Wildman–Crippen MR) is 67.9 cm³/mol. The Morgan fingerprint density at radius 3 is 2.21 bits per heavy atom. The number of aromatic nitrogens is 2. The fraction of sp³-hybridized carbons (Fsp3) is 0.308. The first kappa shape index (κ1) is 16.3. The summed E-state index contributed by atoms with van der Waals surface area (Å²) >= 11 is 0. The first-order chi connectivity index (χ1) is 11.2. The smallest absolute Gasteiger partial charge is 0.415 e. The molecular formula is C13H8F5N3O3. The van der Waals surface area contributed by atoms with Gasteiger partial charge in [0.25, 0.3) is 5.89 Å². The Labute approximate surface area is 130 Å². The van der Waals surface area contributed by atoms with E-state index in [4.69, 9.17) is 4.42 Å². The van der Waals surface area contributed by atoms with Gasteiger partial charge in [-0.2, -0.15) is 22.0 Å². The summed E-state index contributed by atoms with van der Waals surface area (Å²) in [5.74, 6) is -4.36. The fourth-order valence-electron chi connectivity index (χ4n) is 1.97. The van der Waals surface area contributed by atoms with Crippen LogP contribution in [0, 0.1) is 0 Å². The number of halogens is 5. The van der Waals surface area contributed by atoms with E-state index < -0.39 is 30.7 Å². The van der Waals surface area contributed by atoms with Crippen molar-refractivity contribution in [3.63, 3.8) is 0 Å². The maximum atomic E-state index is 12.6. The quantitative estimate of drug-likeness (QED) is 0.862. The normalized spacial score (nSPS) is 21.0. The van der Waals surface area contributed by atoms with Crippen molar-refractivity contribution in [2.45, 2.75) is 24.8 Å². The number of hydrogen-bond acceptors (Lipinski definition) is 6. The van der Waals surface area contributed by atoms with Gasteiger partial charge in [-0.25, -0.2) is 0 Å². The highest BCUT2D eigenvalue weighted by molar-refractivity contribution is 6.01. The number of alkyl halides is 5. The van der Waals surface area contributed by atoms with Crippen LogP contribution in [0.3, 0.4) is 0 Å². The van der Waals surface area contributed by atoms with E-state index in [1.807, 2.05) is 0 Å². The third-order valence-electron chi connectivity index (χ3n) is 3.25. The molecule has 0 bridgehead atoms. The Hall–Kier alpha value is -2.56. The minimum atomic E-state index is -4.99. The van der Waals surface area contributed by atoms with Crippen molar-refractivity contribution in [2.24, 2.45) is 5.16 Å². The van der Waals surface area contributed by atoms with Crippen LogP contribution in [-0.2, 0) is 4.84 Å². The van der Waals surface area contributed by atoms with Gasteiger partial charge in [-0.3, -0.25) is 0 Å². The van der Waals surface area contributed by atoms with Crippen LogP contribution in [0.2, 0.25) is 0 Å². The summed E-state index contributed by atoms with van der Waals surface area (Å²) in [4.78, 5) is 4.11. The van der Waals surface area contributed by atoms with Gasteiger partial charge in [0.15, 0.2) is 0 Å². The van der Waals surface area contributed by atoms with E-state index in [2.05, 4.69) is 20.2 Å². The van der Waals surface area contributed by atoms with Gasteiger partial charge in [0.05, 0.1) is 12.1 Å². The molecule has 2 aromatic rings. The summed E-state index contributed by atoms with van der Waals surface area (Å²) in [6.45, 7) is 0. The molecule has 24 heavy (non-hydrogen) atoms. The highest BCUT2D eigenvalue weighted by Crippen LogP contribution is 2.39. The third kappa shape index (κ3) is 2.82. The van der Waals surface area contributed by atoms with Gasteiger partial charge in [-0.15, -0.1) is 10.2 Å². The first-order valence-corrected chi connectivity index (χ1v) is 6.46. The van der Waals surface area contributed by atoms with E-state index in [1.54, 1.807) is 0 Å². The number of nitrogens with zero attached hydrogens (tertiary/aromatic N) is 3. The maximum absolute atomic E-state index is 12.6. The second-order valence-corrected chi connectivity index (χ2v) is 4.91. The van der Waals surface area contributed by atoms with Crippen molar-refractivity contribution < 1.29 is 36.3 Å². The SMILES string of the molecule is OC1(C(F)(F)F)CC(c2ccc(-c3nnc(C(F)F)o3)cc2)=NO1. The number of rotatable bonds is 3. The molecule has 0 spiro atoms. The van der Waals surface area contributed by atoms with Crippen LogP contribution in [-0.4, -0.2) is 33.0 Å². The largest absolute Gasteiger partial charge is 0.458 e. The molecule has 1 N–H and O–H groups in total. The lowest BCUT2D eigenvalue weighted by molar-refractivity contribution is -0.355. The lowest BCUT2D eigenvalue weighted by atomic mass is 10.0. The third-order valence-corrected chi connectivity index (χ3v) is 3.25. The Morgan fingerprint density at radius 2 is 1.71 bits per heavy atom. The topological polar surface area (TPSA) is 80.7 Å². The molecule has 128 valence electrons. The molecule has 2 heterocycles. The van der Waals surface area contributed by atoms with Crippen molar-refractivity contribution in [3.05, 3.63) is 35.7 Å². The zero-order valence-electron chi connectivity index (χ0n) is 11.6. The van der Waals surface area contributed by atoms with Gasteiger partial charge in [0.2, 0.25) is 5.89 Å². The van der Waals surface area contributed by atoms with Gasteiger partial charge in [-0.05, 0) is 17.7 Å². The zero-order valence-corrected chi connectivity index (χ0v) is 11.6. The number of oxime groups is 1. The molecular weight excluding hydrogens is 341 g/mol. The average Bonchev–Trinajstić information content (AvgIpc) is 3.14. The highest BCUT2D eigenvalue weighted by Gasteiger charge is 2.60. The van der Waals surface area contributed by atoms with E-state index >= 15 is 0 Å². The summed E-state index contributed by atoms with van der Waals surface area (Å²) in [5, 5.41) is 19.3. The monoisotopic (exact) mass is 349 g/mol. The van der Waals surface area contributed by atoms with Crippen LogP contribution in [0.15, 0.2) is 33.8 Å². The van der Waals surface area contributed by atoms with E-state index in [-0.39, 0.29) is 17.2 Å². The Morgan fingerprint density at radius 1 is 1.08 bits per heavy atom. The van der Waals surface area contributed by atoms with Crippen LogP contribution in [0.5, 0.6) is 0 Å². The van der Waals surface area contributed by atoms with Gasteiger partial charge >= 0.3 is 18.4 Å². The van der Waals surface area contributed by atoms with Crippen LogP contribution in [0.25, 0.3) is 11.5 Å². The molecule has 1 aromatic heterocycles. The van der Waals surface area contributed by atoms with Crippen molar-refractivity contribution in [2.75, 3.05) is 0 Å². The first-order valence-electron chi connectivity index (χ1n) is 6.46. The highest BCUT2D eigenvalue weighted by atomic mass is 19.4. The minimum Gasteiger partial charge on any atom is -0.415 e. The Bertz CT molecular complexity index is 772. The molecule has 3 rings (SSSR count). The van der Waals surface area contributed by atoms with E-state index in [0.29, 0.717) is 5.56 Å². The van der Waals surface area contributed by atoms with Crippen molar-refractivity contribution in [1.82, 2.24) is 10.2 Å². The fourth-order valence-corrected chi connectivity index (χ4v) is 1.97. The standard InChI is InChI=1S/C13H8F5N3O3/c14-9(15)11-20-19-10(23-11)7-3-1-6(2-4-7)8-5-12(22,24-21-8)13(16,17)18/h1-4,9,22H,5H2. The van der Waals surface area contributed by atoms with Gasteiger partial charge in [0.1, 0.15) is 0 Å². The minimum absolute atomic E-state index is 0.111. The number of aliphatic hydroxyl groups is 1. The summed E-state index contributed by atoms with van der Waals surface area (Å²) in [6, 6.07) is 5.49. The van der Waals surface area contributed by atoms with Crippen LogP contribution < -0.4 is 0 Å². The molecule has 0 aliphatic carbocycles. The summed E-state index contributed by atoms with van der Waals surface area (Å²) in [5.41, 5.74) is 0.441. The molecule has 6 nitrogen and oxygen atoms in total. The van der Waals surface area contributed by atoms with E-state index in [1.165, 1.54) is 24.3 Å². The van der Waals surface area contributed by atoms with Crippen molar-refractivity contribution in [3.8, 4) is 11.5 Å². The Balaban J connectivity index is 1.78. The maximum Gasteiger partial charge on any atom is 0.458 e. The van der Waals surface area contributed by atoms with Crippen molar-refractivity contribution in [1.29, 1.82) is 0 Å². The molecule has 1 atom stereocenters. The van der Waals surface area contributed by atoms with Crippen LogP contribution in [0.1, 0.15) is 24.3 Å². The molecule has 0 radical (unpaired) electrons. The van der Waals surface area contributed by atoms with Crippen LogP contribution >= 0.6 is 0 Å². The van der Waals surface area contributed by atoms with Gasteiger partial charge in [0, 0.05) is 5.56 Å². The summed E-state index contributed by atoms with van der Waals surface area (Å²) in [6.07, 6.45) is -8.77. The number of benzene rings is 1. The predicted octanol–water partition coefficient (Wildman–Crippen LogP) is 3.05. The summed E-state index contributed by atoms with van der Waals surface area (Å²) < 4.78 is 67.5. The lowest BCUT2D eigenvalue weighted by Crippen LogP contribution is -2.45. The van der Waals surface area contributed by atoms with Gasteiger partial charge < -0.3 is 14.4 Å². The van der Waals surface area contributed by atoms with Gasteiger partial charge in [-0.1, -0.05) is 17.3 Å². The van der Waals surface area contributed by atoms with E-state index in [9.17, 15) is 27.1 Å². The molecule has 0 fully saturated rings. The molecule has 1 aliphatic heterocycles. The molecule has 0 amide bonds. The lowest BCUT2D eigenvalue weighted by Gasteiger charge is -2.22. The summed E-state index contributed by atoms with van der Waals surface area (Å²) in [7, 11) is 0. The molecule has 1 aliphatic rings. The molecule has 11 heteroatoms. The zero-order chi connectivity index (χ0) is 17.5. The molecule has 0 saturated heterocycles. The molecule has 1 unspecified atom stereocenters.